The van der Waals surface area contributed by atoms with E-state index in [1.165, 1.54) is 53.6 Å². The van der Waals surface area contributed by atoms with Crippen molar-refractivity contribution >= 4 is 31.5 Å². The van der Waals surface area contributed by atoms with Crippen LogP contribution in [-0.4, -0.2) is 15.0 Å². The van der Waals surface area contributed by atoms with E-state index >= 15 is 0 Å². The molecule has 3 nitrogen and oxygen atoms in total. The SMILES string of the molecule is CC1(C)c2ccccc2-c2ccc(-c3ccc(-c4ccc5c(sc6ccccc65)c4-c4nc(-c5ccccc5)nc(-c5ccccc5)n4)cc3)cc21. The van der Waals surface area contributed by atoms with Crippen molar-refractivity contribution < 1.29 is 0 Å². The summed E-state index contributed by atoms with van der Waals surface area (Å²) in [7, 11) is 0. The molecule has 52 heavy (non-hydrogen) atoms. The molecule has 1 aliphatic rings. The maximum absolute atomic E-state index is 5.22. The van der Waals surface area contributed by atoms with Crippen LogP contribution in [0.5, 0.6) is 0 Å². The Morgan fingerprint density at radius 1 is 0.404 bits per heavy atom. The first-order valence-electron chi connectivity index (χ1n) is 17.7. The monoisotopic (exact) mass is 683 g/mol. The van der Waals surface area contributed by atoms with E-state index in [2.05, 4.69) is 141 Å². The molecule has 0 N–H and O–H groups in total. The van der Waals surface area contributed by atoms with Crippen molar-refractivity contribution in [1.29, 1.82) is 0 Å². The van der Waals surface area contributed by atoms with Gasteiger partial charge in [0, 0.05) is 42.3 Å². The molecule has 0 radical (unpaired) electrons. The summed E-state index contributed by atoms with van der Waals surface area (Å²) in [5, 5.41) is 2.45. The lowest BCUT2D eigenvalue weighted by Crippen LogP contribution is -2.14. The van der Waals surface area contributed by atoms with Crippen LogP contribution in [0.15, 0.2) is 164 Å². The number of aromatic nitrogens is 3. The zero-order chi connectivity index (χ0) is 34.8. The van der Waals surface area contributed by atoms with Gasteiger partial charge in [-0.1, -0.05) is 166 Å². The number of benzene rings is 7. The molecular weight excluding hydrogens is 651 g/mol. The molecule has 7 aromatic carbocycles. The van der Waals surface area contributed by atoms with Crippen molar-refractivity contribution in [3.8, 4) is 67.5 Å². The number of hydrogen-bond acceptors (Lipinski definition) is 4. The van der Waals surface area contributed by atoms with Crippen LogP contribution in [-0.2, 0) is 5.41 Å². The highest BCUT2D eigenvalue weighted by molar-refractivity contribution is 7.26. The lowest BCUT2D eigenvalue weighted by atomic mass is 9.81. The predicted octanol–water partition coefficient (Wildman–Crippen LogP) is 12.9. The maximum atomic E-state index is 5.22. The van der Waals surface area contributed by atoms with E-state index in [0.717, 1.165) is 27.8 Å². The topological polar surface area (TPSA) is 38.7 Å². The average molecular weight is 684 g/mol. The highest BCUT2D eigenvalue weighted by Gasteiger charge is 2.35. The number of thiophene rings is 1. The molecule has 0 amide bonds. The minimum absolute atomic E-state index is 0.0435. The zero-order valence-electron chi connectivity index (χ0n) is 28.8. The molecule has 1 aliphatic carbocycles. The molecule has 4 heteroatoms. The quantitative estimate of drug-likeness (QED) is 0.181. The molecule has 0 fully saturated rings. The summed E-state index contributed by atoms with van der Waals surface area (Å²) < 4.78 is 2.42. The van der Waals surface area contributed by atoms with Crippen LogP contribution in [0.25, 0.3) is 87.7 Å². The molecule has 0 saturated carbocycles. The fourth-order valence-electron chi connectivity index (χ4n) is 7.90. The molecule has 0 bridgehead atoms. The number of fused-ring (bicyclic) bond motifs is 6. The van der Waals surface area contributed by atoms with Crippen LogP contribution in [0.2, 0.25) is 0 Å². The van der Waals surface area contributed by atoms with Gasteiger partial charge in [0.2, 0.25) is 0 Å². The summed E-state index contributed by atoms with van der Waals surface area (Å²) >= 11 is 1.80. The van der Waals surface area contributed by atoms with Crippen LogP contribution in [0.1, 0.15) is 25.0 Å². The first kappa shape index (κ1) is 30.6. The van der Waals surface area contributed by atoms with Gasteiger partial charge in [0.1, 0.15) is 0 Å². The van der Waals surface area contributed by atoms with Crippen LogP contribution in [0.4, 0.5) is 0 Å². The number of hydrogen-bond donors (Lipinski definition) is 0. The Hall–Kier alpha value is -6.23. The van der Waals surface area contributed by atoms with Gasteiger partial charge in [-0.25, -0.2) is 15.0 Å². The fourth-order valence-corrected chi connectivity index (χ4v) is 9.14. The van der Waals surface area contributed by atoms with E-state index in [0.29, 0.717) is 17.5 Å². The van der Waals surface area contributed by atoms with Gasteiger partial charge in [-0.3, -0.25) is 0 Å². The molecule has 9 aromatic rings. The first-order valence-corrected chi connectivity index (χ1v) is 18.5. The van der Waals surface area contributed by atoms with E-state index in [1.54, 1.807) is 11.3 Å². The Labute approximate surface area is 307 Å². The Kier molecular flexibility index (Phi) is 7.02. The van der Waals surface area contributed by atoms with E-state index in [9.17, 15) is 0 Å². The van der Waals surface area contributed by atoms with Crippen LogP contribution in [0.3, 0.4) is 0 Å². The lowest BCUT2D eigenvalue weighted by molar-refractivity contribution is 0.660. The highest BCUT2D eigenvalue weighted by atomic mass is 32.1. The highest BCUT2D eigenvalue weighted by Crippen LogP contribution is 2.50. The van der Waals surface area contributed by atoms with Gasteiger partial charge in [0.15, 0.2) is 17.5 Å². The van der Waals surface area contributed by atoms with Gasteiger partial charge in [0.25, 0.3) is 0 Å². The third-order valence-electron chi connectivity index (χ3n) is 10.6. The Morgan fingerprint density at radius 2 is 0.962 bits per heavy atom. The van der Waals surface area contributed by atoms with Crippen molar-refractivity contribution in [3.63, 3.8) is 0 Å². The van der Waals surface area contributed by atoms with Crippen LogP contribution >= 0.6 is 11.3 Å². The summed E-state index contributed by atoms with van der Waals surface area (Å²) in [4.78, 5) is 15.4. The van der Waals surface area contributed by atoms with Gasteiger partial charge in [-0.2, -0.15) is 0 Å². The molecule has 2 aromatic heterocycles. The van der Waals surface area contributed by atoms with Gasteiger partial charge < -0.3 is 0 Å². The van der Waals surface area contributed by atoms with E-state index in [4.69, 9.17) is 15.0 Å². The molecule has 10 rings (SSSR count). The second kappa shape index (κ2) is 11.9. The summed E-state index contributed by atoms with van der Waals surface area (Å²) in [5.74, 6) is 1.99. The first-order chi connectivity index (χ1) is 25.5. The molecule has 0 aliphatic heterocycles. The minimum Gasteiger partial charge on any atom is -0.208 e. The smallest absolute Gasteiger partial charge is 0.166 e. The average Bonchev–Trinajstić information content (AvgIpc) is 3.70. The maximum Gasteiger partial charge on any atom is 0.166 e. The largest absolute Gasteiger partial charge is 0.208 e. The van der Waals surface area contributed by atoms with Crippen molar-refractivity contribution in [3.05, 3.63) is 175 Å². The fraction of sp³-hybridized carbons (Fsp3) is 0.0625. The van der Waals surface area contributed by atoms with Gasteiger partial charge >= 0.3 is 0 Å². The summed E-state index contributed by atoms with van der Waals surface area (Å²) in [6.07, 6.45) is 0. The molecule has 0 atom stereocenters. The van der Waals surface area contributed by atoms with Crippen molar-refractivity contribution in [1.82, 2.24) is 15.0 Å². The zero-order valence-corrected chi connectivity index (χ0v) is 29.7. The van der Waals surface area contributed by atoms with Crippen LogP contribution < -0.4 is 0 Å². The second-order valence-corrected chi connectivity index (χ2v) is 15.1. The minimum atomic E-state index is -0.0435. The van der Waals surface area contributed by atoms with Crippen LogP contribution in [0, 0.1) is 0 Å². The molecule has 246 valence electrons. The molecule has 0 spiro atoms. The van der Waals surface area contributed by atoms with E-state index in [1.807, 2.05) is 36.4 Å². The summed E-state index contributed by atoms with van der Waals surface area (Å²) in [5.41, 5.74) is 13.0. The predicted molar refractivity (Wildman–Crippen MR) is 217 cm³/mol. The number of rotatable bonds is 5. The summed E-state index contributed by atoms with van der Waals surface area (Å²) in [6, 6.07) is 58.3. The van der Waals surface area contributed by atoms with Gasteiger partial charge in [-0.15, -0.1) is 11.3 Å². The van der Waals surface area contributed by atoms with Crippen molar-refractivity contribution in [2.24, 2.45) is 0 Å². The Balaban J connectivity index is 1.15. The lowest BCUT2D eigenvalue weighted by Gasteiger charge is -2.22. The third kappa shape index (κ3) is 4.90. The number of nitrogens with zero attached hydrogens (tertiary/aromatic N) is 3. The molecule has 0 unspecified atom stereocenters. The molecular formula is C48H33N3S. The third-order valence-corrected chi connectivity index (χ3v) is 11.8. The standard InChI is InChI=1S/C48H33N3S/c1-48(2)40-19-11-9-17-36(40)37-26-25-34(29-41(37)48)30-21-23-31(24-22-30)35-27-28-39-38-18-10-12-20-42(38)52-44(39)43(35)47-50-45(32-13-5-3-6-14-32)49-46(51-47)33-15-7-4-8-16-33/h3-29H,1-2H3. The van der Waals surface area contributed by atoms with Crippen molar-refractivity contribution in [2.45, 2.75) is 19.3 Å². The Morgan fingerprint density at radius 3 is 1.69 bits per heavy atom. The van der Waals surface area contributed by atoms with Crippen molar-refractivity contribution in [2.75, 3.05) is 0 Å². The van der Waals surface area contributed by atoms with Gasteiger partial charge in [-0.05, 0) is 56.6 Å². The second-order valence-electron chi connectivity index (χ2n) is 14.0. The molecule has 2 heterocycles. The molecule has 0 saturated heterocycles. The van der Waals surface area contributed by atoms with Gasteiger partial charge in [0.05, 0.1) is 0 Å². The normalized spacial score (nSPS) is 13.0. The summed E-state index contributed by atoms with van der Waals surface area (Å²) in [6.45, 7) is 4.67. The van der Waals surface area contributed by atoms with E-state index < -0.39 is 0 Å². The van der Waals surface area contributed by atoms with E-state index in [-0.39, 0.29) is 5.41 Å². The Bertz CT molecular complexity index is 2740.